The Morgan fingerprint density at radius 2 is 1.61 bits per heavy atom. The lowest BCUT2D eigenvalue weighted by atomic mass is 9.84. The number of carbonyl (C=O) groups excluding carboxylic acids is 1. The van der Waals surface area contributed by atoms with E-state index in [1.54, 1.807) is 7.11 Å². The molecule has 0 saturated carbocycles. The minimum absolute atomic E-state index is 0.0227. The number of ether oxygens (including phenoxy) is 1. The van der Waals surface area contributed by atoms with Crippen LogP contribution in [0.1, 0.15) is 25.0 Å². The van der Waals surface area contributed by atoms with Crippen LogP contribution in [-0.2, 0) is 5.41 Å². The maximum absolute atomic E-state index is 12.6. The quantitative estimate of drug-likeness (QED) is 0.857. The zero-order chi connectivity index (χ0) is 20.1. The molecule has 1 aliphatic heterocycles. The van der Waals surface area contributed by atoms with E-state index in [-0.39, 0.29) is 11.4 Å². The number of benzene rings is 2. The van der Waals surface area contributed by atoms with Crippen molar-refractivity contribution in [2.24, 2.45) is 0 Å². The molecule has 0 bridgehead atoms. The maximum Gasteiger partial charge on any atom is 0.317 e. The van der Waals surface area contributed by atoms with Crippen molar-refractivity contribution in [3.05, 3.63) is 59.7 Å². The van der Waals surface area contributed by atoms with E-state index in [2.05, 4.69) is 67.4 Å². The van der Waals surface area contributed by atoms with Crippen LogP contribution < -0.4 is 15.0 Å². The van der Waals surface area contributed by atoms with Gasteiger partial charge in [0.1, 0.15) is 5.75 Å². The van der Waals surface area contributed by atoms with E-state index < -0.39 is 0 Å². The molecule has 1 heterocycles. The van der Waals surface area contributed by atoms with E-state index in [1.165, 1.54) is 16.8 Å². The van der Waals surface area contributed by atoms with Crippen molar-refractivity contribution >= 4 is 11.7 Å². The molecule has 1 aliphatic rings. The monoisotopic (exact) mass is 381 g/mol. The van der Waals surface area contributed by atoms with Gasteiger partial charge in [-0.1, -0.05) is 43.7 Å². The van der Waals surface area contributed by atoms with E-state index in [0.29, 0.717) is 6.54 Å². The number of urea groups is 1. The summed E-state index contributed by atoms with van der Waals surface area (Å²) in [5, 5.41) is 3.13. The van der Waals surface area contributed by atoms with Gasteiger partial charge in [-0.25, -0.2) is 4.79 Å². The van der Waals surface area contributed by atoms with E-state index in [1.807, 2.05) is 17.0 Å². The van der Waals surface area contributed by atoms with Crippen molar-refractivity contribution in [1.29, 1.82) is 0 Å². The van der Waals surface area contributed by atoms with Crippen molar-refractivity contribution in [3.63, 3.8) is 0 Å². The lowest BCUT2D eigenvalue weighted by Crippen LogP contribution is -2.53. The Morgan fingerprint density at radius 3 is 2.18 bits per heavy atom. The molecule has 1 fully saturated rings. The highest BCUT2D eigenvalue weighted by atomic mass is 16.5. The number of amides is 2. The van der Waals surface area contributed by atoms with E-state index in [9.17, 15) is 4.79 Å². The van der Waals surface area contributed by atoms with Crippen molar-refractivity contribution in [1.82, 2.24) is 10.2 Å². The van der Waals surface area contributed by atoms with Crippen LogP contribution in [0.25, 0.3) is 0 Å². The summed E-state index contributed by atoms with van der Waals surface area (Å²) >= 11 is 0. The van der Waals surface area contributed by atoms with Gasteiger partial charge >= 0.3 is 6.03 Å². The van der Waals surface area contributed by atoms with Crippen LogP contribution >= 0.6 is 0 Å². The highest BCUT2D eigenvalue weighted by Crippen LogP contribution is 2.23. The Hall–Kier alpha value is -2.69. The predicted octanol–water partition coefficient (Wildman–Crippen LogP) is 3.81. The number of anilines is 1. The number of piperazine rings is 1. The molecule has 5 heteroatoms. The number of carbonyl (C=O) groups is 1. The molecule has 5 nitrogen and oxygen atoms in total. The first-order valence-corrected chi connectivity index (χ1v) is 9.88. The zero-order valence-corrected chi connectivity index (χ0v) is 17.4. The van der Waals surface area contributed by atoms with Gasteiger partial charge in [0.05, 0.1) is 7.11 Å². The van der Waals surface area contributed by atoms with Gasteiger partial charge in [-0.2, -0.15) is 0 Å². The Morgan fingerprint density at radius 1 is 1.00 bits per heavy atom. The Kier molecular flexibility index (Phi) is 6.12. The van der Waals surface area contributed by atoms with Crippen LogP contribution in [0.4, 0.5) is 10.5 Å². The summed E-state index contributed by atoms with van der Waals surface area (Å²) in [5.41, 5.74) is 3.55. The molecule has 0 atom stereocenters. The Balaban J connectivity index is 1.50. The fraction of sp³-hybridized carbons (Fsp3) is 0.435. The summed E-state index contributed by atoms with van der Waals surface area (Å²) in [4.78, 5) is 16.8. The van der Waals surface area contributed by atoms with Crippen LogP contribution in [0.3, 0.4) is 0 Å². The molecule has 0 spiro atoms. The molecule has 3 rings (SSSR count). The van der Waals surface area contributed by atoms with Crippen LogP contribution in [0.5, 0.6) is 5.75 Å². The molecular weight excluding hydrogens is 350 g/mol. The van der Waals surface area contributed by atoms with E-state index in [4.69, 9.17) is 4.74 Å². The second-order valence-electron chi connectivity index (χ2n) is 8.08. The molecule has 1 saturated heterocycles. The topological polar surface area (TPSA) is 44.8 Å². The van der Waals surface area contributed by atoms with Crippen molar-refractivity contribution in [3.8, 4) is 5.75 Å². The maximum atomic E-state index is 12.6. The number of methoxy groups -OCH3 is 1. The third-order valence-electron chi connectivity index (χ3n) is 5.52. The molecule has 2 aromatic carbocycles. The van der Waals surface area contributed by atoms with Gasteiger partial charge in [-0.3, -0.25) is 0 Å². The van der Waals surface area contributed by atoms with Gasteiger partial charge in [-0.15, -0.1) is 0 Å². The molecule has 2 aromatic rings. The Labute approximate surface area is 168 Å². The zero-order valence-electron chi connectivity index (χ0n) is 17.4. The second kappa shape index (κ2) is 8.55. The van der Waals surface area contributed by atoms with Crippen LogP contribution in [0.15, 0.2) is 48.5 Å². The van der Waals surface area contributed by atoms with Crippen molar-refractivity contribution in [2.45, 2.75) is 26.2 Å². The number of aryl methyl sites for hydroxylation is 1. The van der Waals surface area contributed by atoms with Gasteiger partial charge in [0, 0.05) is 43.8 Å². The first-order valence-electron chi connectivity index (χ1n) is 9.88. The first kappa shape index (κ1) is 20.1. The minimum Gasteiger partial charge on any atom is -0.497 e. The number of hydrogen-bond acceptors (Lipinski definition) is 3. The highest BCUT2D eigenvalue weighted by molar-refractivity contribution is 5.74. The van der Waals surface area contributed by atoms with Gasteiger partial charge in [0.2, 0.25) is 0 Å². The minimum atomic E-state index is -0.103. The molecule has 28 heavy (non-hydrogen) atoms. The summed E-state index contributed by atoms with van der Waals surface area (Å²) in [6.07, 6.45) is 0. The number of nitrogens with one attached hydrogen (secondary N) is 1. The highest BCUT2D eigenvalue weighted by Gasteiger charge is 2.25. The molecule has 0 aromatic heterocycles. The third kappa shape index (κ3) is 4.77. The molecule has 2 amide bonds. The van der Waals surface area contributed by atoms with Crippen molar-refractivity contribution in [2.75, 3.05) is 44.7 Å². The lowest BCUT2D eigenvalue weighted by molar-refractivity contribution is 0.192. The number of hydrogen-bond donors (Lipinski definition) is 1. The van der Waals surface area contributed by atoms with Crippen LogP contribution in [0, 0.1) is 6.92 Å². The molecule has 0 aliphatic carbocycles. The molecular formula is C23H31N3O2. The summed E-state index contributed by atoms with van der Waals surface area (Å²) in [6.45, 7) is 10.2. The second-order valence-corrected chi connectivity index (χ2v) is 8.08. The summed E-state index contributed by atoms with van der Waals surface area (Å²) < 4.78 is 5.22. The van der Waals surface area contributed by atoms with Gasteiger partial charge in [0.25, 0.3) is 0 Å². The van der Waals surface area contributed by atoms with Crippen LogP contribution in [-0.4, -0.2) is 50.8 Å². The van der Waals surface area contributed by atoms with E-state index >= 15 is 0 Å². The van der Waals surface area contributed by atoms with Gasteiger partial charge in [-0.05, 0) is 36.8 Å². The summed E-state index contributed by atoms with van der Waals surface area (Å²) in [6, 6.07) is 16.6. The standard InChI is InChI=1S/C23H31N3O2/c1-18-5-7-19(8-6-18)23(2,3)17-24-22(27)26-15-13-25(14-16-26)20-9-11-21(28-4)12-10-20/h5-12H,13-17H2,1-4H3,(H,24,27). The number of rotatable bonds is 5. The van der Waals surface area contributed by atoms with Crippen LogP contribution in [0.2, 0.25) is 0 Å². The summed E-state index contributed by atoms with van der Waals surface area (Å²) in [7, 11) is 1.67. The largest absolute Gasteiger partial charge is 0.497 e. The average Bonchev–Trinajstić information content (AvgIpc) is 2.72. The SMILES string of the molecule is COc1ccc(N2CCN(C(=O)NCC(C)(C)c3ccc(C)cc3)CC2)cc1. The predicted molar refractivity (Wildman–Crippen MR) is 114 cm³/mol. The number of nitrogens with zero attached hydrogens (tertiary/aromatic N) is 2. The lowest BCUT2D eigenvalue weighted by Gasteiger charge is -2.37. The van der Waals surface area contributed by atoms with E-state index in [0.717, 1.165) is 31.9 Å². The van der Waals surface area contributed by atoms with Gasteiger partial charge in [0.15, 0.2) is 0 Å². The fourth-order valence-electron chi connectivity index (χ4n) is 3.48. The molecule has 0 radical (unpaired) electrons. The molecule has 150 valence electrons. The van der Waals surface area contributed by atoms with Crippen molar-refractivity contribution < 1.29 is 9.53 Å². The van der Waals surface area contributed by atoms with Gasteiger partial charge < -0.3 is 19.9 Å². The molecule has 1 N–H and O–H groups in total. The Bertz CT molecular complexity index is 776. The average molecular weight is 382 g/mol. The normalized spacial score (nSPS) is 14.7. The first-order chi connectivity index (χ1) is 13.4. The fourth-order valence-corrected chi connectivity index (χ4v) is 3.48. The summed E-state index contributed by atoms with van der Waals surface area (Å²) in [5.74, 6) is 0.859. The smallest absolute Gasteiger partial charge is 0.317 e. The third-order valence-corrected chi connectivity index (χ3v) is 5.52. The molecule has 0 unspecified atom stereocenters.